The van der Waals surface area contributed by atoms with E-state index in [9.17, 15) is 9.59 Å². The Balaban J connectivity index is 2.12. The third-order valence-corrected chi connectivity index (χ3v) is 2.21. The van der Waals surface area contributed by atoms with Crippen molar-refractivity contribution in [1.82, 2.24) is 9.88 Å². The number of aromatic nitrogens is 1. The summed E-state index contributed by atoms with van der Waals surface area (Å²) in [5, 5.41) is 0. The van der Waals surface area contributed by atoms with Crippen LogP contribution in [0, 0.1) is 6.92 Å². The van der Waals surface area contributed by atoms with Gasteiger partial charge in [0.05, 0.1) is 6.54 Å². The molecular weight excluding hydrogens is 192 g/mol. The summed E-state index contributed by atoms with van der Waals surface area (Å²) in [6, 6.07) is 3.72. The van der Waals surface area contributed by atoms with E-state index >= 15 is 0 Å². The normalized spacial score (nSPS) is 15.1. The lowest BCUT2D eigenvalue weighted by Crippen LogP contribution is -2.29. The molecule has 0 unspecified atom stereocenters. The van der Waals surface area contributed by atoms with Crippen LogP contribution >= 0.6 is 0 Å². The first-order chi connectivity index (χ1) is 7.16. The van der Waals surface area contributed by atoms with Gasteiger partial charge >= 0.3 is 0 Å². The fourth-order valence-corrected chi connectivity index (χ4v) is 1.36. The molecule has 0 N–H and O–H groups in total. The second kappa shape index (κ2) is 3.65. The van der Waals surface area contributed by atoms with Crippen LogP contribution in [0.25, 0.3) is 0 Å². The molecule has 0 aliphatic carbocycles. The van der Waals surface area contributed by atoms with Crippen molar-refractivity contribution in [2.45, 2.75) is 13.5 Å². The van der Waals surface area contributed by atoms with Gasteiger partial charge in [0.1, 0.15) is 0 Å². The Bertz CT molecular complexity index is 416. The van der Waals surface area contributed by atoms with Gasteiger partial charge in [-0.2, -0.15) is 0 Å². The molecule has 76 valence electrons. The summed E-state index contributed by atoms with van der Waals surface area (Å²) in [6.07, 6.45) is 4.24. The van der Waals surface area contributed by atoms with Gasteiger partial charge in [-0.25, -0.2) is 0 Å². The van der Waals surface area contributed by atoms with Crippen molar-refractivity contribution in [3.63, 3.8) is 0 Å². The molecule has 1 aliphatic rings. The quantitative estimate of drug-likeness (QED) is 0.667. The number of amides is 2. The zero-order chi connectivity index (χ0) is 10.8. The minimum absolute atomic E-state index is 0.263. The smallest absolute Gasteiger partial charge is 0.253 e. The average molecular weight is 202 g/mol. The third-order valence-electron chi connectivity index (χ3n) is 2.21. The third kappa shape index (κ3) is 1.93. The molecule has 0 fully saturated rings. The van der Waals surface area contributed by atoms with Crippen LogP contribution in [0.15, 0.2) is 30.5 Å². The maximum Gasteiger partial charge on any atom is 0.253 e. The molecular formula is C11H10N2O2. The lowest BCUT2D eigenvalue weighted by Gasteiger charge is -2.13. The summed E-state index contributed by atoms with van der Waals surface area (Å²) < 4.78 is 0. The fourth-order valence-electron chi connectivity index (χ4n) is 1.36. The predicted molar refractivity (Wildman–Crippen MR) is 53.7 cm³/mol. The average Bonchev–Trinajstić information content (AvgIpc) is 2.53. The largest absolute Gasteiger partial charge is 0.271 e. The first-order valence-electron chi connectivity index (χ1n) is 4.62. The highest BCUT2D eigenvalue weighted by Gasteiger charge is 2.23. The minimum atomic E-state index is -0.263. The van der Waals surface area contributed by atoms with Crippen LogP contribution in [0.2, 0.25) is 0 Å². The van der Waals surface area contributed by atoms with Gasteiger partial charge in [0, 0.05) is 24.0 Å². The highest BCUT2D eigenvalue weighted by molar-refractivity contribution is 6.12. The number of nitrogens with zero attached hydrogens (tertiary/aromatic N) is 2. The molecule has 0 saturated carbocycles. The van der Waals surface area contributed by atoms with E-state index in [4.69, 9.17) is 0 Å². The standard InChI is InChI=1S/C11H10N2O2/c1-8-2-3-9(6-12-8)7-13-10(14)4-5-11(13)15/h2-6H,7H2,1H3. The maximum atomic E-state index is 11.3. The maximum absolute atomic E-state index is 11.3. The van der Waals surface area contributed by atoms with Gasteiger partial charge in [-0.3, -0.25) is 19.5 Å². The summed E-state index contributed by atoms with van der Waals surface area (Å²) >= 11 is 0. The second-order valence-electron chi connectivity index (χ2n) is 3.40. The molecule has 0 radical (unpaired) electrons. The highest BCUT2D eigenvalue weighted by Crippen LogP contribution is 2.09. The van der Waals surface area contributed by atoms with Crippen molar-refractivity contribution < 1.29 is 9.59 Å². The number of pyridine rings is 1. The number of rotatable bonds is 2. The molecule has 0 atom stereocenters. The molecule has 4 nitrogen and oxygen atoms in total. The first kappa shape index (κ1) is 9.58. The molecule has 0 aromatic carbocycles. The predicted octanol–water partition coefficient (Wildman–Crippen LogP) is 0.815. The van der Waals surface area contributed by atoms with Crippen molar-refractivity contribution in [1.29, 1.82) is 0 Å². The van der Waals surface area contributed by atoms with Crippen molar-refractivity contribution in [2.24, 2.45) is 0 Å². The van der Waals surface area contributed by atoms with E-state index in [0.717, 1.165) is 11.3 Å². The summed E-state index contributed by atoms with van der Waals surface area (Å²) in [4.78, 5) is 27.8. The molecule has 2 amide bonds. The van der Waals surface area contributed by atoms with Crippen LogP contribution in [0.3, 0.4) is 0 Å². The lowest BCUT2D eigenvalue weighted by atomic mass is 10.2. The van der Waals surface area contributed by atoms with E-state index in [1.54, 1.807) is 6.20 Å². The minimum Gasteiger partial charge on any atom is -0.271 e. The molecule has 1 aromatic rings. The Hall–Kier alpha value is -1.97. The lowest BCUT2D eigenvalue weighted by molar-refractivity contribution is -0.137. The summed E-state index contributed by atoms with van der Waals surface area (Å²) in [5.41, 5.74) is 1.77. The molecule has 2 rings (SSSR count). The Morgan fingerprint density at radius 2 is 1.87 bits per heavy atom. The Morgan fingerprint density at radius 3 is 2.40 bits per heavy atom. The van der Waals surface area contributed by atoms with Crippen LogP contribution in [0.1, 0.15) is 11.3 Å². The Morgan fingerprint density at radius 1 is 1.20 bits per heavy atom. The molecule has 1 aromatic heterocycles. The first-order valence-corrected chi connectivity index (χ1v) is 4.62. The topological polar surface area (TPSA) is 50.3 Å². The molecule has 4 heteroatoms. The second-order valence-corrected chi connectivity index (χ2v) is 3.40. The van der Waals surface area contributed by atoms with Gasteiger partial charge in [0.25, 0.3) is 11.8 Å². The van der Waals surface area contributed by atoms with Gasteiger partial charge in [0.2, 0.25) is 0 Å². The van der Waals surface area contributed by atoms with Crippen molar-refractivity contribution >= 4 is 11.8 Å². The zero-order valence-electron chi connectivity index (χ0n) is 8.30. The monoisotopic (exact) mass is 202 g/mol. The fraction of sp³-hybridized carbons (Fsp3) is 0.182. The van der Waals surface area contributed by atoms with Crippen molar-refractivity contribution in [3.8, 4) is 0 Å². The number of hydrogen-bond donors (Lipinski definition) is 0. The number of imide groups is 1. The highest BCUT2D eigenvalue weighted by atomic mass is 16.2. The van der Waals surface area contributed by atoms with Crippen molar-refractivity contribution in [3.05, 3.63) is 41.7 Å². The van der Waals surface area contributed by atoms with E-state index in [2.05, 4.69) is 4.98 Å². The molecule has 0 spiro atoms. The van der Waals surface area contributed by atoms with Gasteiger partial charge in [-0.15, -0.1) is 0 Å². The van der Waals surface area contributed by atoms with E-state index < -0.39 is 0 Å². The van der Waals surface area contributed by atoms with E-state index in [0.29, 0.717) is 0 Å². The van der Waals surface area contributed by atoms with Gasteiger partial charge in [-0.1, -0.05) is 6.07 Å². The molecule has 0 bridgehead atoms. The summed E-state index contributed by atoms with van der Waals surface area (Å²) in [6.45, 7) is 2.18. The number of aryl methyl sites for hydroxylation is 1. The molecule has 1 aliphatic heterocycles. The Labute approximate surface area is 87.2 Å². The zero-order valence-corrected chi connectivity index (χ0v) is 8.30. The SMILES string of the molecule is Cc1ccc(CN2C(=O)C=CC2=O)cn1. The van der Waals surface area contributed by atoms with E-state index in [1.165, 1.54) is 17.1 Å². The van der Waals surface area contributed by atoms with Crippen LogP contribution in [-0.2, 0) is 16.1 Å². The van der Waals surface area contributed by atoms with Crippen LogP contribution in [-0.4, -0.2) is 21.7 Å². The van der Waals surface area contributed by atoms with Crippen molar-refractivity contribution in [2.75, 3.05) is 0 Å². The van der Waals surface area contributed by atoms with E-state index in [1.807, 2.05) is 19.1 Å². The van der Waals surface area contributed by atoms with Gasteiger partial charge in [-0.05, 0) is 18.6 Å². The van der Waals surface area contributed by atoms with Crippen LogP contribution in [0.5, 0.6) is 0 Å². The van der Waals surface area contributed by atoms with Crippen LogP contribution in [0.4, 0.5) is 0 Å². The van der Waals surface area contributed by atoms with Gasteiger partial charge in [0.15, 0.2) is 0 Å². The summed E-state index contributed by atoms with van der Waals surface area (Å²) in [7, 11) is 0. The number of hydrogen-bond acceptors (Lipinski definition) is 3. The van der Waals surface area contributed by atoms with Crippen LogP contribution < -0.4 is 0 Å². The molecule has 2 heterocycles. The summed E-state index contributed by atoms with van der Waals surface area (Å²) in [5.74, 6) is -0.527. The van der Waals surface area contributed by atoms with E-state index in [-0.39, 0.29) is 18.4 Å². The molecule has 0 saturated heterocycles. The molecule has 15 heavy (non-hydrogen) atoms. The number of carbonyl (C=O) groups excluding carboxylic acids is 2. The van der Waals surface area contributed by atoms with Gasteiger partial charge < -0.3 is 0 Å². The number of carbonyl (C=O) groups is 2. The Kier molecular flexibility index (Phi) is 2.33.